The number of aliphatic hydroxyl groups excluding tert-OH is 1. The number of halogens is 1. The molecule has 0 bridgehead atoms. The average Bonchev–Trinajstić information content (AvgIpc) is 2.72. The Morgan fingerprint density at radius 2 is 1.89 bits per heavy atom. The highest BCUT2D eigenvalue weighted by atomic mass is 19.1. The lowest BCUT2D eigenvalue weighted by atomic mass is 10.1. The summed E-state index contributed by atoms with van der Waals surface area (Å²) in [7, 11) is 0. The number of rotatable bonds is 4. The summed E-state index contributed by atoms with van der Waals surface area (Å²) in [5, 5.41) is 19.1. The molecule has 0 saturated heterocycles. The minimum atomic E-state index is -1.04. The fourth-order valence-corrected chi connectivity index (χ4v) is 1.96. The topological polar surface area (TPSA) is 62.5 Å². The van der Waals surface area contributed by atoms with Gasteiger partial charge in [-0.2, -0.15) is 0 Å². The van der Waals surface area contributed by atoms with Crippen LogP contribution in [0.1, 0.15) is 27.8 Å². The number of hydrogen-bond acceptors (Lipinski definition) is 2. The van der Waals surface area contributed by atoms with Crippen molar-refractivity contribution in [2.75, 3.05) is 0 Å². The summed E-state index contributed by atoms with van der Waals surface area (Å²) in [6.07, 6.45) is -0.884. The van der Waals surface area contributed by atoms with Gasteiger partial charge in [0.2, 0.25) is 0 Å². The highest BCUT2D eigenvalue weighted by Gasteiger charge is 2.16. The third kappa shape index (κ3) is 2.82. The molecule has 100 valence electrons. The van der Waals surface area contributed by atoms with E-state index in [-0.39, 0.29) is 18.1 Å². The third-order valence-electron chi connectivity index (χ3n) is 3.03. The predicted octanol–water partition coefficient (Wildman–Crippen LogP) is 2.37. The molecule has 0 aliphatic rings. The smallest absolute Gasteiger partial charge is 0.352 e. The standard InChI is InChI=1S/C14H14FNO3/c1-9-2-7-12(14(18)19)16(9)8-13(17)10-3-5-11(15)6-4-10/h2-7,13,17H,8H2,1H3,(H,18,19). The van der Waals surface area contributed by atoms with Crippen LogP contribution < -0.4 is 0 Å². The minimum Gasteiger partial charge on any atom is -0.477 e. The van der Waals surface area contributed by atoms with E-state index in [9.17, 15) is 14.3 Å². The summed E-state index contributed by atoms with van der Waals surface area (Å²) in [6, 6.07) is 8.67. The van der Waals surface area contributed by atoms with Crippen LogP contribution in [0.5, 0.6) is 0 Å². The summed E-state index contributed by atoms with van der Waals surface area (Å²) < 4.78 is 14.3. The maximum Gasteiger partial charge on any atom is 0.352 e. The minimum absolute atomic E-state index is 0.117. The zero-order valence-corrected chi connectivity index (χ0v) is 10.4. The Kier molecular flexibility index (Phi) is 3.66. The maximum atomic E-state index is 12.8. The summed E-state index contributed by atoms with van der Waals surface area (Å²) in [4.78, 5) is 11.0. The van der Waals surface area contributed by atoms with Gasteiger partial charge in [0.15, 0.2) is 0 Å². The van der Waals surface area contributed by atoms with Crippen LogP contribution in [0.25, 0.3) is 0 Å². The van der Waals surface area contributed by atoms with E-state index in [4.69, 9.17) is 5.11 Å². The van der Waals surface area contributed by atoms with Crippen molar-refractivity contribution in [3.63, 3.8) is 0 Å². The number of aromatic nitrogens is 1. The van der Waals surface area contributed by atoms with Gasteiger partial charge in [-0.15, -0.1) is 0 Å². The quantitative estimate of drug-likeness (QED) is 0.890. The molecule has 2 aromatic rings. The van der Waals surface area contributed by atoms with Crippen molar-refractivity contribution < 1.29 is 19.4 Å². The van der Waals surface area contributed by atoms with Gasteiger partial charge in [0.1, 0.15) is 11.5 Å². The Balaban J connectivity index is 2.23. The molecule has 0 aliphatic carbocycles. The fourth-order valence-electron chi connectivity index (χ4n) is 1.96. The number of aliphatic hydroxyl groups is 1. The maximum absolute atomic E-state index is 12.8. The van der Waals surface area contributed by atoms with Gasteiger partial charge < -0.3 is 14.8 Å². The van der Waals surface area contributed by atoms with E-state index in [1.54, 1.807) is 13.0 Å². The Hall–Kier alpha value is -2.14. The highest BCUT2D eigenvalue weighted by molar-refractivity contribution is 5.86. The number of carbonyl (C=O) groups is 1. The van der Waals surface area contributed by atoms with Crippen molar-refractivity contribution in [3.8, 4) is 0 Å². The molecule has 1 aromatic heterocycles. The van der Waals surface area contributed by atoms with Crippen LogP contribution in [0.2, 0.25) is 0 Å². The van der Waals surface area contributed by atoms with Crippen LogP contribution in [0, 0.1) is 12.7 Å². The summed E-state index contributed by atoms with van der Waals surface area (Å²) in [5.74, 6) is -1.42. The molecule has 1 atom stereocenters. The monoisotopic (exact) mass is 263 g/mol. The first-order valence-electron chi connectivity index (χ1n) is 5.82. The van der Waals surface area contributed by atoms with Crippen molar-refractivity contribution in [1.82, 2.24) is 4.57 Å². The zero-order chi connectivity index (χ0) is 14.0. The first-order chi connectivity index (χ1) is 8.99. The van der Waals surface area contributed by atoms with E-state index in [0.717, 1.165) is 5.69 Å². The molecule has 2 N–H and O–H groups in total. The second-order valence-electron chi connectivity index (χ2n) is 4.34. The Morgan fingerprint density at radius 1 is 1.26 bits per heavy atom. The van der Waals surface area contributed by atoms with Crippen LogP contribution in [0.4, 0.5) is 4.39 Å². The molecule has 4 nitrogen and oxygen atoms in total. The van der Waals surface area contributed by atoms with Crippen LogP contribution in [0.15, 0.2) is 36.4 Å². The number of aryl methyl sites for hydroxylation is 1. The van der Waals surface area contributed by atoms with Gasteiger partial charge in [-0.05, 0) is 36.8 Å². The first-order valence-corrected chi connectivity index (χ1v) is 5.82. The average molecular weight is 263 g/mol. The van der Waals surface area contributed by atoms with E-state index in [0.29, 0.717) is 5.56 Å². The molecule has 0 spiro atoms. The number of hydrogen-bond donors (Lipinski definition) is 2. The van der Waals surface area contributed by atoms with Gasteiger partial charge in [-0.3, -0.25) is 0 Å². The zero-order valence-electron chi connectivity index (χ0n) is 10.4. The predicted molar refractivity (Wildman–Crippen MR) is 67.5 cm³/mol. The Morgan fingerprint density at radius 3 is 2.47 bits per heavy atom. The van der Waals surface area contributed by atoms with E-state index in [1.807, 2.05) is 0 Å². The van der Waals surface area contributed by atoms with E-state index >= 15 is 0 Å². The van der Waals surface area contributed by atoms with E-state index in [2.05, 4.69) is 0 Å². The lowest BCUT2D eigenvalue weighted by Gasteiger charge is -2.15. The third-order valence-corrected chi connectivity index (χ3v) is 3.03. The molecule has 0 saturated carbocycles. The van der Waals surface area contributed by atoms with Gasteiger partial charge in [0, 0.05) is 5.69 Å². The summed E-state index contributed by atoms with van der Waals surface area (Å²) >= 11 is 0. The van der Waals surface area contributed by atoms with Crippen LogP contribution in [0.3, 0.4) is 0 Å². The van der Waals surface area contributed by atoms with Crippen molar-refractivity contribution in [2.45, 2.75) is 19.6 Å². The number of benzene rings is 1. The van der Waals surface area contributed by atoms with Crippen molar-refractivity contribution in [3.05, 3.63) is 59.2 Å². The Bertz CT molecular complexity index is 589. The van der Waals surface area contributed by atoms with Crippen LogP contribution in [-0.4, -0.2) is 20.7 Å². The summed E-state index contributed by atoms with van der Waals surface area (Å²) in [6.45, 7) is 1.88. The molecular weight excluding hydrogens is 249 g/mol. The lowest BCUT2D eigenvalue weighted by molar-refractivity contribution is 0.0679. The molecule has 1 heterocycles. The normalized spacial score (nSPS) is 12.4. The van der Waals surface area contributed by atoms with E-state index in [1.165, 1.54) is 34.9 Å². The number of carboxylic acids is 1. The molecule has 0 amide bonds. The molecule has 1 unspecified atom stereocenters. The molecule has 19 heavy (non-hydrogen) atoms. The molecule has 2 rings (SSSR count). The number of carboxylic acid groups (broad SMARTS) is 1. The van der Waals surface area contributed by atoms with Crippen LogP contribution >= 0.6 is 0 Å². The highest BCUT2D eigenvalue weighted by Crippen LogP contribution is 2.19. The molecular formula is C14H14FNO3. The fraction of sp³-hybridized carbons (Fsp3) is 0.214. The summed E-state index contributed by atoms with van der Waals surface area (Å²) in [5.41, 5.74) is 1.42. The van der Waals surface area contributed by atoms with Gasteiger partial charge >= 0.3 is 5.97 Å². The van der Waals surface area contributed by atoms with Crippen molar-refractivity contribution in [2.24, 2.45) is 0 Å². The van der Waals surface area contributed by atoms with Gasteiger partial charge in [0.05, 0.1) is 12.6 Å². The van der Waals surface area contributed by atoms with Gasteiger partial charge in [0.25, 0.3) is 0 Å². The molecule has 0 fully saturated rings. The van der Waals surface area contributed by atoms with Gasteiger partial charge in [-0.25, -0.2) is 9.18 Å². The van der Waals surface area contributed by atoms with Crippen molar-refractivity contribution in [1.29, 1.82) is 0 Å². The molecule has 1 aromatic carbocycles. The number of aromatic carboxylic acids is 1. The molecule has 0 radical (unpaired) electrons. The van der Waals surface area contributed by atoms with Crippen LogP contribution in [-0.2, 0) is 6.54 Å². The van der Waals surface area contributed by atoms with Gasteiger partial charge in [-0.1, -0.05) is 12.1 Å². The lowest BCUT2D eigenvalue weighted by Crippen LogP contribution is -2.15. The van der Waals surface area contributed by atoms with E-state index < -0.39 is 12.1 Å². The second-order valence-corrected chi connectivity index (χ2v) is 4.34. The largest absolute Gasteiger partial charge is 0.477 e. The number of nitrogens with zero attached hydrogens (tertiary/aromatic N) is 1. The van der Waals surface area contributed by atoms with Crippen molar-refractivity contribution >= 4 is 5.97 Å². The Labute approximate surface area is 109 Å². The first kappa shape index (κ1) is 13.3. The molecule has 0 aliphatic heterocycles. The second kappa shape index (κ2) is 5.24. The molecule has 5 heteroatoms. The SMILES string of the molecule is Cc1ccc(C(=O)O)n1CC(O)c1ccc(F)cc1.